The molecule has 2 rings (SSSR count). The van der Waals surface area contributed by atoms with Crippen LogP contribution in [0.3, 0.4) is 0 Å². The number of Topliss-reactive ketones (excluding diaryl/α,β-unsaturated/α-hetero) is 1. The maximum atomic E-state index is 12.0. The van der Waals surface area contributed by atoms with Crippen LogP contribution < -0.4 is 0 Å². The van der Waals surface area contributed by atoms with E-state index in [9.17, 15) is 19.7 Å². The van der Waals surface area contributed by atoms with Crippen molar-refractivity contribution < 1.29 is 19.2 Å². The lowest BCUT2D eigenvalue weighted by molar-refractivity contribution is -0.384. The van der Waals surface area contributed by atoms with Crippen LogP contribution in [0.2, 0.25) is 0 Å². The number of azide groups is 1. The van der Waals surface area contributed by atoms with Gasteiger partial charge >= 0.3 is 5.97 Å². The predicted molar refractivity (Wildman–Crippen MR) is 83.0 cm³/mol. The lowest BCUT2D eigenvalue weighted by Gasteiger charge is -2.05. The quantitative estimate of drug-likeness (QED) is 0.152. The minimum atomic E-state index is -0.774. The fourth-order valence-electron chi connectivity index (χ4n) is 1.84. The lowest BCUT2D eigenvalue weighted by atomic mass is 10.1. The van der Waals surface area contributed by atoms with E-state index in [1.54, 1.807) is 0 Å². The molecule has 0 aliphatic carbocycles. The highest BCUT2D eigenvalue weighted by Gasteiger charge is 2.14. The number of nitro groups is 1. The van der Waals surface area contributed by atoms with Crippen molar-refractivity contribution in [3.05, 3.63) is 80.2 Å². The van der Waals surface area contributed by atoms with Crippen LogP contribution in [-0.4, -0.2) is 23.3 Å². The number of non-ortho nitro benzene ring substituents is 1. The van der Waals surface area contributed by atoms with Crippen LogP contribution in [0.1, 0.15) is 20.7 Å². The summed E-state index contributed by atoms with van der Waals surface area (Å²) >= 11 is 0. The average molecular weight is 326 g/mol. The number of rotatable bonds is 6. The number of nitrogens with zero attached hydrogens (tertiary/aromatic N) is 4. The van der Waals surface area contributed by atoms with Gasteiger partial charge in [-0.2, -0.15) is 0 Å². The smallest absolute Gasteiger partial charge is 0.338 e. The van der Waals surface area contributed by atoms with Gasteiger partial charge in [0.05, 0.1) is 10.5 Å². The van der Waals surface area contributed by atoms with E-state index in [-0.39, 0.29) is 22.5 Å². The average Bonchev–Trinajstić information content (AvgIpc) is 2.60. The third-order valence-electron chi connectivity index (χ3n) is 2.96. The van der Waals surface area contributed by atoms with Crippen LogP contribution in [0.25, 0.3) is 10.4 Å². The fraction of sp³-hybridized carbons (Fsp3) is 0.0667. The Hall–Kier alpha value is -3.71. The second kappa shape index (κ2) is 7.52. The highest BCUT2D eigenvalue weighted by atomic mass is 16.6. The normalized spacial score (nSPS) is 9.67. The van der Waals surface area contributed by atoms with Gasteiger partial charge in [-0.3, -0.25) is 14.9 Å². The van der Waals surface area contributed by atoms with Crippen molar-refractivity contribution in [3.63, 3.8) is 0 Å². The molecule has 120 valence electrons. The molecule has 9 nitrogen and oxygen atoms in total. The number of benzene rings is 2. The Labute approximate surface area is 135 Å². The Bertz CT molecular complexity index is 801. The molecule has 0 spiro atoms. The molecule has 0 fully saturated rings. The first-order valence-corrected chi connectivity index (χ1v) is 6.61. The van der Waals surface area contributed by atoms with E-state index in [1.807, 2.05) is 0 Å². The molecule has 0 atom stereocenters. The molecule has 9 heteroatoms. The van der Waals surface area contributed by atoms with Crippen molar-refractivity contribution in [2.75, 3.05) is 6.61 Å². The summed E-state index contributed by atoms with van der Waals surface area (Å²) < 4.78 is 4.88. The summed E-state index contributed by atoms with van der Waals surface area (Å²) in [6.45, 7) is -0.564. The summed E-state index contributed by atoms with van der Waals surface area (Å²) in [4.78, 5) is 36.5. The Morgan fingerprint density at radius 1 is 1.17 bits per heavy atom. The minimum absolute atomic E-state index is 0.0693. The zero-order valence-corrected chi connectivity index (χ0v) is 12.2. The van der Waals surface area contributed by atoms with Gasteiger partial charge in [0.2, 0.25) is 5.78 Å². The van der Waals surface area contributed by atoms with Crippen molar-refractivity contribution in [2.24, 2.45) is 5.11 Å². The van der Waals surface area contributed by atoms with Gasteiger partial charge in [0, 0.05) is 28.3 Å². The number of nitro benzene ring substituents is 1. The zero-order chi connectivity index (χ0) is 17.5. The molecular weight excluding hydrogens is 316 g/mol. The summed E-state index contributed by atoms with van der Waals surface area (Å²) in [7, 11) is 0. The molecule has 0 saturated heterocycles. The van der Waals surface area contributed by atoms with Gasteiger partial charge in [-0.05, 0) is 17.7 Å². The van der Waals surface area contributed by atoms with Crippen molar-refractivity contribution >= 4 is 23.1 Å². The second-order valence-corrected chi connectivity index (χ2v) is 4.55. The molecule has 0 aliphatic rings. The largest absolute Gasteiger partial charge is 0.454 e. The molecule has 2 aromatic rings. The van der Waals surface area contributed by atoms with Crippen LogP contribution in [0.5, 0.6) is 0 Å². The zero-order valence-electron chi connectivity index (χ0n) is 12.2. The van der Waals surface area contributed by atoms with Crippen molar-refractivity contribution in [2.45, 2.75) is 0 Å². The second-order valence-electron chi connectivity index (χ2n) is 4.55. The van der Waals surface area contributed by atoms with E-state index >= 15 is 0 Å². The molecule has 0 radical (unpaired) electrons. The Kier molecular flexibility index (Phi) is 5.22. The molecule has 0 bridgehead atoms. The highest BCUT2D eigenvalue weighted by molar-refractivity contribution is 5.99. The molecule has 0 amide bonds. The summed E-state index contributed by atoms with van der Waals surface area (Å²) in [5.74, 6) is -1.35. The van der Waals surface area contributed by atoms with Crippen LogP contribution in [0.15, 0.2) is 53.6 Å². The maximum absolute atomic E-state index is 12.0. The van der Waals surface area contributed by atoms with E-state index in [1.165, 1.54) is 42.5 Å². The summed E-state index contributed by atoms with van der Waals surface area (Å²) in [6, 6.07) is 10.9. The highest BCUT2D eigenvalue weighted by Crippen LogP contribution is 2.16. The molecule has 0 N–H and O–H groups in total. The molecule has 0 unspecified atom stereocenters. The molecular formula is C15H10N4O5. The summed E-state index contributed by atoms with van der Waals surface area (Å²) in [6.07, 6.45) is 0. The number of esters is 1. The van der Waals surface area contributed by atoms with Crippen LogP contribution in [0.4, 0.5) is 11.4 Å². The van der Waals surface area contributed by atoms with Crippen molar-refractivity contribution in [1.82, 2.24) is 0 Å². The summed E-state index contributed by atoms with van der Waals surface area (Å²) in [5, 5.41) is 14.0. The molecule has 24 heavy (non-hydrogen) atoms. The lowest BCUT2D eigenvalue weighted by Crippen LogP contribution is -2.14. The third kappa shape index (κ3) is 4.15. The van der Waals surface area contributed by atoms with Crippen LogP contribution >= 0.6 is 0 Å². The molecule has 0 heterocycles. The van der Waals surface area contributed by atoms with E-state index in [0.29, 0.717) is 0 Å². The maximum Gasteiger partial charge on any atom is 0.338 e. The Morgan fingerprint density at radius 3 is 2.58 bits per heavy atom. The number of hydrogen-bond donors (Lipinski definition) is 0. The predicted octanol–water partition coefficient (Wildman–Crippen LogP) is 3.58. The standard InChI is InChI=1S/C15H10N4O5/c16-18-17-12-5-1-4-11(7-12)15(21)24-9-14(20)10-3-2-6-13(8-10)19(22)23/h1-8H,9H2. The van der Waals surface area contributed by atoms with Gasteiger partial charge in [0.1, 0.15) is 0 Å². The van der Waals surface area contributed by atoms with Gasteiger partial charge in [-0.15, -0.1) is 0 Å². The van der Waals surface area contributed by atoms with Gasteiger partial charge in [0.15, 0.2) is 6.61 Å². The SMILES string of the molecule is [N-]=[N+]=Nc1cccc(C(=O)OCC(=O)c2cccc([N+](=O)[O-])c2)c1. The molecule has 2 aromatic carbocycles. The first-order valence-electron chi connectivity index (χ1n) is 6.61. The van der Waals surface area contributed by atoms with Crippen LogP contribution in [0, 0.1) is 10.1 Å². The number of ketones is 1. The Morgan fingerprint density at radius 2 is 1.88 bits per heavy atom. The number of carbonyl (C=O) groups is 2. The third-order valence-corrected chi connectivity index (χ3v) is 2.96. The van der Waals surface area contributed by atoms with Gasteiger partial charge in [0.25, 0.3) is 5.69 Å². The first-order chi connectivity index (χ1) is 11.5. The monoisotopic (exact) mass is 326 g/mol. The number of ether oxygens (including phenoxy) is 1. The van der Waals surface area contributed by atoms with E-state index in [2.05, 4.69) is 10.0 Å². The first kappa shape index (κ1) is 16.7. The van der Waals surface area contributed by atoms with E-state index in [4.69, 9.17) is 10.3 Å². The fourth-order valence-corrected chi connectivity index (χ4v) is 1.84. The van der Waals surface area contributed by atoms with Crippen molar-refractivity contribution in [1.29, 1.82) is 0 Å². The molecule has 0 saturated carbocycles. The van der Waals surface area contributed by atoms with Gasteiger partial charge in [-0.25, -0.2) is 4.79 Å². The minimum Gasteiger partial charge on any atom is -0.454 e. The topological polar surface area (TPSA) is 135 Å². The van der Waals surface area contributed by atoms with E-state index < -0.39 is 23.3 Å². The van der Waals surface area contributed by atoms with Crippen molar-refractivity contribution in [3.8, 4) is 0 Å². The number of hydrogen-bond acceptors (Lipinski definition) is 6. The molecule has 0 aliphatic heterocycles. The van der Waals surface area contributed by atoms with Gasteiger partial charge < -0.3 is 4.74 Å². The summed E-state index contributed by atoms with van der Waals surface area (Å²) in [5.41, 5.74) is 8.55. The molecule has 0 aromatic heterocycles. The number of carbonyl (C=O) groups excluding carboxylic acids is 2. The van der Waals surface area contributed by atoms with Gasteiger partial charge in [-0.1, -0.05) is 29.4 Å². The Balaban J connectivity index is 2.04. The van der Waals surface area contributed by atoms with Crippen LogP contribution in [-0.2, 0) is 4.74 Å². The van der Waals surface area contributed by atoms with E-state index in [0.717, 1.165) is 6.07 Å².